The average Bonchev–Trinajstić information content (AvgIpc) is 2.61. The van der Waals surface area contributed by atoms with Crippen molar-refractivity contribution in [3.63, 3.8) is 0 Å². The fourth-order valence-electron chi connectivity index (χ4n) is 3.88. The van der Waals surface area contributed by atoms with E-state index in [0.29, 0.717) is 12.5 Å². The van der Waals surface area contributed by atoms with E-state index in [4.69, 9.17) is 0 Å². The van der Waals surface area contributed by atoms with Crippen LogP contribution in [0.5, 0.6) is 0 Å². The predicted molar refractivity (Wildman–Crippen MR) is 97.7 cm³/mol. The van der Waals surface area contributed by atoms with Gasteiger partial charge in [-0.15, -0.1) is 0 Å². The highest BCUT2D eigenvalue weighted by molar-refractivity contribution is 5.80. The molecule has 0 saturated carbocycles. The number of anilines is 1. The Morgan fingerprint density at radius 3 is 2.72 bits per heavy atom. The van der Waals surface area contributed by atoms with Crippen molar-refractivity contribution in [2.24, 2.45) is 11.8 Å². The highest BCUT2D eigenvalue weighted by Gasteiger charge is 2.31. The molecular formula is C18H29N5O2. The number of rotatable bonds is 4. The predicted octanol–water partition coefficient (Wildman–Crippen LogP) is 0.787. The van der Waals surface area contributed by atoms with Gasteiger partial charge in [0.15, 0.2) is 0 Å². The second-order valence-electron chi connectivity index (χ2n) is 7.61. The van der Waals surface area contributed by atoms with Crippen molar-refractivity contribution < 1.29 is 4.79 Å². The molecule has 0 unspecified atom stereocenters. The molecule has 0 radical (unpaired) electrons. The highest BCUT2D eigenvalue weighted by Crippen LogP contribution is 2.23. The second-order valence-corrected chi connectivity index (χ2v) is 7.61. The van der Waals surface area contributed by atoms with Gasteiger partial charge in [0, 0.05) is 51.9 Å². The quantitative estimate of drug-likeness (QED) is 0.872. The summed E-state index contributed by atoms with van der Waals surface area (Å²) >= 11 is 0. The van der Waals surface area contributed by atoms with E-state index in [-0.39, 0.29) is 17.4 Å². The van der Waals surface area contributed by atoms with Crippen molar-refractivity contribution in [1.29, 1.82) is 0 Å². The minimum absolute atomic E-state index is 0.0182. The minimum atomic E-state index is -0.202. The molecule has 0 aliphatic carbocycles. The van der Waals surface area contributed by atoms with Crippen LogP contribution in [0.2, 0.25) is 0 Å². The van der Waals surface area contributed by atoms with Crippen molar-refractivity contribution in [2.75, 3.05) is 50.7 Å². The Morgan fingerprint density at radius 1 is 1.28 bits per heavy atom. The lowest BCUT2D eigenvalue weighted by Crippen LogP contribution is -2.53. The lowest BCUT2D eigenvalue weighted by molar-refractivity contribution is -0.137. The summed E-state index contributed by atoms with van der Waals surface area (Å²) in [5, 5.41) is 6.27. The molecule has 1 atom stereocenters. The van der Waals surface area contributed by atoms with Crippen LogP contribution in [0.25, 0.3) is 0 Å². The molecule has 1 aromatic rings. The van der Waals surface area contributed by atoms with E-state index in [1.165, 1.54) is 0 Å². The topological polar surface area (TPSA) is 72.5 Å². The zero-order valence-electron chi connectivity index (χ0n) is 15.3. The maximum atomic E-state index is 12.9. The second kappa shape index (κ2) is 7.99. The first-order valence-corrected chi connectivity index (χ1v) is 9.34. The van der Waals surface area contributed by atoms with Crippen LogP contribution in [0.1, 0.15) is 26.7 Å². The van der Waals surface area contributed by atoms with Gasteiger partial charge in [0.25, 0.3) is 5.56 Å². The van der Waals surface area contributed by atoms with Gasteiger partial charge in [0.2, 0.25) is 5.91 Å². The number of piperazine rings is 1. The molecule has 1 aromatic heterocycles. The summed E-state index contributed by atoms with van der Waals surface area (Å²) < 4.78 is 0. The number of aromatic nitrogens is 2. The van der Waals surface area contributed by atoms with Crippen LogP contribution >= 0.6 is 0 Å². The molecule has 1 N–H and O–H groups in total. The van der Waals surface area contributed by atoms with Crippen LogP contribution in [-0.2, 0) is 4.79 Å². The van der Waals surface area contributed by atoms with Gasteiger partial charge < -0.3 is 9.80 Å². The summed E-state index contributed by atoms with van der Waals surface area (Å²) in [6, 6.07) is 1.56. The maximum Gasteiger partial charge on any atom is 0.266 e. The van der Waals surface area contributed by atoms with Gasteiger partial charge in [-0.2, -0.15) is 5.10 Å². The molecule has 2 saturated heterocycles. The molecule has 0 bridgehead atoms. The van der Waals surface area contributed by atoms with Crippen LogP contribution in [0.3, 0.4) is 0 Å². The van der Waals surface area contributed by atoms with Gasteiger partial charge >= 0.3 is 0 Å². The zero-order valence-corrected chi connectivity index (χ0v) is 15.3. The smallest absolute Gasteiger partial charge is 0.266 e. The average molecular weight is 347 g/mol. The van der Waals surface area contributed by atoms with Crippen molar-refractivity contribution in [3.8, 4) is 0 Å². The molecule has 0 spiro atoms. The number of carbonyl (C=O) groups is 1. The number of carbonyl (C=O) groups excluding carboxylic acids is 1. The van der Waals surface area contributed by atoms with E-state index >= 15 is 0 Å². The third kappa shape index (κ3) is 4.60. The summed E-state index contributed by atoms with van der Waals surface area (Å²) in [6.07, 6.45) is 3.56. The van der Waals surface area contributed by atoms with Crippen LogP contribution in [0.15, 0.2) is 17.1 Å². The van der Waals surface area contributed by atoms with Crippen LogP contribution in [-0.4, -0.2) is 71.7 Å². The number of aromatic amines is 1. The lowest BCUT2D eigenvalue weighted by atomic mass is 9.96. The molecule has 7 nitrogen and oxygen atoms in total. The standard InChI is InChI=1S/C18H29N5O2/c1-14(2)12-21-6-8-22(9-7-21)18(25)15-4-3-5-23(13-15)16-10-17(24)20-19-11-16/h10-11,14-15H,3-9,12-13H2,1-2H3,(H,20,24)/t15-/m1/s1. The van der Waals surface area contributed by atoms with Gasteiger partial charge in [0.05, 0.1) is 17.8 Å². The number of amides is 1. The van der Waals surface area contributed by atoms with Crippen molar-refractivity contribution in [1.82, 2.24) is 20.0 Å². The molecule has 25 heavy (non-hydrogen) atoms. The number of piperidine rings is 1. The third-order valence-electron chi connectivity index (χ3n) is 5.09. The SMILES string of the molecule is CC(C)CN1CCN(C(=O)[C@@H]2CCCN(c3cn[nH]c(=O)c3)C2)CC1. The summed E-state index contributed by atoms with van der Waals surface area (Å²) in [5.41, 5.74) is 0.607. The van der Waals surface area contributed by atoms with E-state index in [0.717, 1.165) is 57.8 Å². The Labute approximate surface area is 149 Å². The van der Waals surface area contributed by atoms with E-state index in [1.807, 2.05) is 4.90 Å². The Kier molecular flexibility index (Phi) is 5.73. The number of nitrogens with zero attached hydrogens (tertiary/aromatic N) is 4. The first-order chi connectivity index (χ1) is 12.0. The Morgan fingerprint density at radius 2 is 2.04 bits per heavy atom. The van der Waals surface area contributed by atoms with Crippen LogP contribution < -0.4 is 10.5 Å². The number of hydrogen-bond acceptors (Lipinski definition) is 5. The van der Waals surface area contributed by atoms with Gasteiger partial charge in [-0.3, -0.25) is 14.5 Å². The largest absolute Gasteiger partial charge is 0.369 e. The number of nitrogens with one attached hydrogen (secondary N) is 1. The molecule has 3 rings (SSSR count). The Hall–Kier alpha value is -1.89. The maximum absolute atomic E-state index is 12.9. The lowest BCUT2D eigenvalue weighted by Gasteiger charge is -2.39. The highest BCUT2D eigenvalue weighted by atomic mass is 16.2. The summed E-state index contributed by atoms with van der Waals surface area (Å²) in [5.74, 6) is 0.952. The van der Waals surface area contributed by atoms with Gasteiger partial charge in [-0.25, -0.2) is 5.10 Å². The van der Waals surface area contributed by atoms with Crippen LogP contribution in [0, 0.1) is 11.8 Å². The molecule has 0 aromatic carbocycles. The molecule has 2 fully saturated rings. The zero-order chi connectivity index (χ0) is 17.8. The first kappa shape index (κ1) is 17.9. The fourth-order valence-corrected chi connectivity index (χ4v) is 3.88. The van der Waals surface area contributed by atoms with Gasteiger partial charge in [0.1, 0.15) is 0 Å². The van der Waals surface area contributed by atoms with Crippen LogP contribution in [0.4, 0.5) is 5.69 Å². The van der Waals surface area contributed by atoms with E-state index in [9.17, 15) is 9.59 Å². The van der Waals surface area contributed by atoms with E-state index in [1.54, 1.807) is 12.3 Å². The number of H-pyrrole nitrogens is 1. The number of hydrogen-bond donors (Lipinski definition) is 1. The Bertz CT molecular complexity index is 636. The first-order valence-electron chi connectivity index (χ1n) is 9.34. The molecule has 138 valence electrons. The third-order valence-corrected chi connectivity index (χ3v) is 5.09. The van der Waals surface area contributed by atoms with E-state index < -0.39 is 0 Å². The molecule has 2 aliphatic rings. The molecule has 7 heteroatoms. The molecule has 2 aliphatic heterocycles. The van der Waals surface area contributed by atoms with Gasteiger partial charge in [-0.05, 0) is 18.8 Å². The summed E-state index contributed by atoms with van der Waals surface area (Å²) in [6.45, 7) is 10.7. The fraction of sp³-hybridized carbons (Fsp3) is 0.722. The summed E-state index contributed by atoms with van der Waals surface area (Å²) in [4.78, 5) is 31.0. The monoisotopic (exact) mass is 347 g/mol. The Balaban J connectivity index is 1.56. The van der Waals surface area contributed by atoms with E-state index in [2.05, 4.69) is 33.8 Å². The van der Waals surface area contributed by atoms with Crippen molar-refractivity contribution in [2.45, 2.75) is 26.7 Å². The summed E-state index contributed by atoms with van der Waals surface area (Å²) in [7, 11) is 0. The molecular weight excluding hydrogens is 318 g/mol. The molecule has 1 amide bonds. The van der Waals surface area contributed by atoms with Crippen molar-refractivity contribution in [3.05, 3.63) is 22.6 Å². The van der Waals surface area contributed by atoms with Gasteiger partial charge in [-0.1, -0.05) is 13.8 Å². The minimum Gasteiger partial charge on any atom is -0.369 e. The normalized spacial score (nSPS) is 22.4. The van der Waals surface area contributed by atoms with Crippen molar-refractivity contribution >= 4 is 11.6 Å². The molecule has 3 heterocycles.